The van der Waals surface area contributed by atoms with Gasteiger partial charge in [0.05, 0.1) is 5.92 Å². The summed E-state index contributed by atoms with van der Waals surface area (Å²) in [6.45, 7) is 3.20. The van der Waals surface area contributed by atoms with Crippen molar-refractivity contribution in [2.75, 3.05) is 27.2 Å². The Morgan fingerprint density at radius 2 is 1.96 bits per heavy atom. The minimum absolute atomic E-state index is 0.00964. The van der Waals surface area contributed by atoms with Crippen LogP contribution in [0, 0.1) is 12.8 Å². The van der Waals surface area contributed by atoms with E-state index >= 15 is 0 Å². The van der Waals surface area contributed by atoms with Gasteiger partial charge in [0, 0.05) is 45.1 Å². The zero-order chi connectivity index (χ0) is 16.7. The standard InChI is InChI=1S/C18H23N3O2/c1-12-5-6-15-14(9-12)10-16(20(15)4)18(23)21-8-7-13(11-21)17(22)19(2)3/h5-6,9-10,13H,7-8,11H2,1-4H3/t13-/m0/s1. The minimum atomic E-state index is -0.0779. The van der Waals surface area contributed by atoms with Crippen molar-refractivity contribution in [2.24, 2.45) is 13.0 Å². The SMILES string of the molecule is Cc1ccc2c(c1)cc(C(=O)N1CC[C@H](C(=O)N(C)C)C1)n2C. The highest BCUT2D eigenvalue weighted by atomic mass is 16.2. The normalized spacial score (nSPS) is 17.7. The first-order chi connectivity index (χ1) is 10.9. The van der Waals surface area contributed by atoms with E-state index in [0.717, 1.165) is 17.3 Å². The molecule has 2 amide bonds. The Kier molecular flexibility index (Phi) is 3.88. The van der Waals surface area contributed by atoms with Crippen LogP contribution in [-0.4, -0.2) is 53.4 Å². The molecule has 1 aliphatic heterocycles. The number of hydrogen-bond acceptors (Lipinski definition) is 2. The van der Waals surface area contributed by atoms with E-state index in [2.05, 4.69) is 12.1 Å². The van der Waals surface area contributed by atoms with Gasteiger partial charge in [0.1, 0.15) is 5.69 Å². The Morgan fingerprint density at radius 1 is 1.22 bits per heavy atom. The molecule has 0 aliphatic carbocycles. The number of hydrogen-bond donors (Lipinski definition) is 0. The van der Waals surface area contributed by atoms with Crippen LogP contribution in [0.5, 0.6) is 0 Å². The predicted octanol–water partition coefficient (Wildman–Crippen LogP) is 2.04. The fraction of sp³-hybridized carbons (Fsp3) is 0.444. The molecule has 3 rings (SSSR count). The highest BCUT2D eigenvalue weighted by Crippen LogP contribution is 2.24. The molecule has 1 atom stereocenters. The second kappa shape index (κ2) is 5.72. The summed E-state index contributed by atoms with van der Waals surface area (Å²) in [5.74, 6) is 0.0363. The first-order valence-corrected chi connectivity index (χ1v) is 7.95. The van der Waals surface area contributed by atoms with Crippen LogP contribution in [0.25, 0.3) is 10.9 Å². The maximum Gasteiger partial charge on any atom is 0.270 e. The molecule has 23 heavy (non-hydrogen) atoms. The number of benzene rings is 1. The van der Waals surface area contributed by atoms with E-state index in [1.54, 1.807) is 23.9 Å². The fourth-order valence-electron chi connectivity index (χ4n) is 3.35. The van der Waals surface area contributed by atoms with Crippen molar-refractivity contribution in [1.82, 2.24) is 14.4 Å². The number of fused-ring (bicyclic) bond motifs is 1. The Hall–Kier alpha value is -2.30. The molecule has 1 aromatic heterocycles. The van der Waals surface area contributed by atoms with Gasteiger partial charge in [-0.25, -0.2) is 0 Å². The molecule has 2 heterocycles. The lowest BCUT2D eigenvalue weighted by atomic mass is 10.1. The lowest BCUT2D eigenvalue weighted by Gasteiger charge is -2.18. The van der Waals surface area contributed by atoms with E-state index in [-0.39, 0.29) is 17.7 Å². The molecule has 1 saturated heterocycles. The summed E-state index contributed by atoms with van der Waals surface area (Å²) < 4.78 is 1.94. The highest BCUT2D eigenvalue weighted by molar-refractivity contribution is 5.99. The van der Waals surface area contributed by atoms with Crippen LogP contribution in [0.15, 0.2) is 24.3 Å². The molecular formula is C18H23N3O2. The molecule has 1 aromatic carbocycles. The molecule has 0 bridgehead atoms. The quantitative estimate of drug-likeness (QED) is 0.852. The predicted molar refractivity (Wildman–Crippen MR) is 90.4 cm³/mol. The number of aromatic nitrogens is 1. The summed E-state index contributed by atoms with van der Waals surface area (Å²) in [4.78, 5) is 28.3. The largest absolute Gasteiger partial charge is 0.349 e. The fourth-order valence-corrected chi connectivity index (χ4v) is 3.35. The van der Waals surface area contributed by atoms with Gasteiger partial charge in [0.2, 0.25) is 5.91 Å². The smallest absolute Gasteiger partial charge is 0.270 e. The van der Waals surface area contributed by atoms with E-state index in [0.29, 0.717) is 18.8 Å². The van der Waals surface area contributed by atoms with Crippen LogP contribution in [-0.2, 0) is 11.8 Å². The van der Waals surface area contributed by atoms with Gasteiger partial charge in [-0.1, -0.05) is 11.6 Å². The Balaban J connectivity index is 1.84. The zero-order valence-corrected chi connectivity index (χ0v) is 14.2. The molecule has 2 aromatic rings. The summed E-state index contributed by atoms with van der Waals surface area (Å²) in [5.41, 5.74) is 2.92. The first kappa shape index (κ1) is 15.6. The third kappa shape index (κ3) is 2.71. The van der Waals surface area contributed by atoms with Gasteiger partial charge in [0.15, 0.2) is 0 Å². The number of carbonyl (C=O) groups is 2. The van der Waals surface area contributed by atoms with Crippen molar-refractivity contribution in [1.29, 1.82) is 0 Å². The van der Waals surface area contributed by atoms with Gasteiger partial charge in [-0.3, -0.25) is 9.59 Å². The first-order valence-electron chi connectivity index (χ1n) is 7.95. The molecule has 0 saturated carbocycles. The van der Waals surface area contributed by atoms with Gasteiger partial charge < -0.3 is 14.4 Å². The lowest BCUT2D eigenvalue weighted by molar-refractivity contribution is -0.132. The molecular weight excluding hydrogens is 290 g/mol. The van der Waals surface area contributed by atoms with Gasteiger partial charge >= 0.3 is 0 Å². The van der Waals surface area contributed by atoms with Crippen LogP contribution in [0.3, 0.4) is 0 Å². The van der Waals surface area contributed by atoms with Gasteiger partial charge in [0.25, 0.3) is 5.91 Å². The number of carbonyl (C=O) groups excluding carboxylic acids is 2. The number of amides is 2. The maximum atomic E-state index is 12.8. The van der Waals surface area contributed by atoms with Crippen molar-refractivity contribution in [3.8, 4) is 0 Å². The summed E-state index contributed by atoms with van der Waals surface area (Å²) in [7, 11) is 5.45. The topological polar surface area (TPSA) is 45.6 Å². The maximum absolute atomic E-state index is 12.8. The van der Waals surface area contributed by atoms with E-state index in [9.17, 15) is 9.59 Å². The molecule has 5 heteroatoms. The van der Waals surface area contributed by atoms with E-state index in [1.807, 2.05) is 30.7 Å². The molecule has 0 spiro atoms. The highest BCUT2D eigenvalue weighted by Gasteiger charge is 2.33. The molecule has 0 unspecified atom stereocenters. The van der Waals surface area contributed by atoms with Crippen molar-refractivity contribution in [3.05, 3.63) is 35.5 Å². The molecule has 1 aliphatic rings. The average Bonchev–Trinajstić information content (AvgIpc) is 3.11. The summed E-state index contributed by atoms with van der Waals surface area (Å²) in [5, 5.41) is 1.08. The van der Waals surface area contributed by atoms with Crippen LogP contribution < -0.4 is 0 Å². The van der Waals surface area contributed by atoms with Crippen LogP contribution in [0.1, 0.15) is 22.5 Å². The average molecular weight is 313 g/mol. The lowest BCUT2D eigenvalue weighted by Crippen LogP contribution is -2.34. The van der Waals surface area contributed by atoms with E-state index < -0.39 is 0 Å². The van der Waals surface area contributed by atoms with E-state index in [1.165, 1.54) is 5.56 Å². The minimum Gasteiger partial charge on any atom is -0.349 e. The molecule has 5 nitrogen and oxygen atoms in total. The van der Waals surface area contributed by atoms with Crippen LogP contribution >= 0.6 is 0 Å². The number of nitrogens with zero attached hydrogens (tertiary/aromatic N) is 3. The molecule has 1 fully saturated rings. The second-order valence-electron chi connectivity index (χ2n) is 6.62. The Labute approximate surface area is 136 Å². The van der Waals surface area contributed by atoms with Crippen LogP contribution in [0.2, 0.25) is 0 Å². The van der Waals surface area contributed by atoms with Crippen LogP contribution in [0.4, 0.5) is 0 Å². The second-order valence-corrected chi connectivity index (χ2v) is 6.62. The van der Waals surface area contributed by atoms with Crippen molar-refractivity contribution < 1.29 is 9.59 Å². The molecule has 122 valence electrons. The van der Waals surface area contributed by atoms with Crippen molar-refractivity contribution in [3.63, 3.8) is 0 Å². The molecule has 0 N–H and O–H groups in total. The monoisotopic (exact) mass is 313 g/mol. The summed E-state index contributed by atoms with van der Waals surface area (Å²) >= 11 is 0. The summed E-state index contributed by atoms with van der Waals surface area (Å²) in [6.07, 6.45) is 0.742. The third-order valence-electron chi connectivity index (χ3n) is 4.68. The van der Waals surface area contributed by atoms with Gasteiger partial charge in [-0.05, 0) is 31.5 Å². The Morgan fingerprint density at radius 3 is 2.65 bits per heavy atom. The number of aryl methyl sites for hydroxylation is 2. The number of rotatable bonds is 2. The van der Waals surface area contributed by atoms with Crippen molar-refractivity contribution in [2.45, 2.75) is 13.3 Å². The van der Waals surface area contributed by atoms with Gasteiger partial charge in [-0.2, -0.15) is 0 Å². The number of likely N-dealkylation sites (tertiary alicyclic amines) is 1. The van der Waals surface area contributed by atoms with E-state index in [4.69, 9.17) is 0 Å². The van der Waals surface area contributed by atoms with Crippen molar-refractivity contribution >= 4 is 22.7 Å². The molecule has 0 radical (unpaired) electrons. The Bertz CT molecular complexity index is 776. The summed E-state index contributed by atoms with van der Waals surface area (Å²) in [6, 6.07) is 8.14. The third-order valence-corrected chi connectivity index (χ3v) is 4.68. The van der Waals surface area contributed by atoms with Gasteiger partial charge in [-0.15, -0.1) is 0 Å². The zero-order valence-electron chi connectivity index (χ0n) is 14.2.